The van der Waals surface area contributed by atoms with Crippen LogP contribution in [0.2, 0.25) is 0 Å². The van der Waals surface area contributed by atoms with Gasteiger partial charge in [-0.25, -0.2) is 8.78 Å². The number of hydrogen-bond acceptors (Lipinski definition) is 2. The van der Waals surface area contributed by atoms with Gasteiger partial charge in [0.25, 0.3) is 0 Å². The van der Waals surface area contributed by atoms with E-state index in [1.165, 1.54) is 18.2 Å². The molecule has 0 spiro atoms. The van der Waals surface area contributed by atoms with Crippen LogP contribution in [0.4, 0.5) is 27.6 Å². The van der Waals surface area contributed by atoms with E-state index in [0.717, 1.165) is 12.1 Å². The van der Waals surface area contributed by atoms with Crippen molar-refractivity contribution >= 4 is 11.6 Å². The predicted molar refractivity (Wildman–Crippen MR) is 78.0 cm³/mol. The van der Waals surface area contributed by atoms with Crippen molar-refractivity contribution in [2.24, 2.45) is 0 Å². The van der Waals surface area contributed by atoms with Crippen molar-refractivity contribution in [2.45, 2.75) is 19.3 Å². The lowest BCUT2D eigenvalue weighted by Gasteiger charge is -2.11. The molecule has 2 rings (SSSR count). The Balaban J connectivity index is 2.03. The van der Waals surface area contributed by atoms with Gasteiger partial charge in [-0.3, -0.25) is 4.79 Å². The Morgan fingerprint density at radius 3 is 2.38 bits per heavy atom. The van der Waals surface area contributed by atoms with E-state index in [4.69, 9.17) is 0 Å². The molecule has 24 heavy (non-hydrogen) atoms. The zero-order valence-electron chi connectivity index (χ0n) is 12.3. The standard InChI is InChI=1S/C16H13F5N2O/c17-12-5-10(8-23-15(24)16(19,20)21)6-13(7-12)22-9-11-3-1-2-4-14(11)18/h1-7,22H,8-9H2,(H,23,24). The molecule has 1 amide bonds. The van der Waals surface area contributed by atoms with Crippen LogP contribution in [0.5, 0.6) is 0 Å². The average Bonchev–Trinajstić information content (AvgIpc) is 2.50. The molecule has 2 N–H and O–H groups in total. The summed E-state index contributed by atoms with van der Waals surface area (Å²) in [5.41, 5.74) is 0.756. The molecule has 3 nitrogen and oxygen atoms in total. The molecular weight excluding hydrogens is 331 g/mol. The third kappa shape index (κ3) is 4.94. The SMILES string of the molecule is O=C(NCc1cc(F)cc(NCc2ccccc2F)c1)C(F)(F)F. The summed E-state index contributed by atoms with van der Waals surface area (Å²) in [6.45, 7) is -0.408. The Hall–Kier alpha value is -2.64. The second-order valence-corrected chi connectivity index (χ2v) is 4.97. The van der Waals surface area contributed by atoms with Gasteiger partial charge in [-0.2, -0.15) is 13.2 Å². The predicted octanol–water partition coefficient (Wildman–Crippen LogP) is 3.76. The summed E-state index contributed by atoms with van der Waals surface area (Å²) < 4.78 is 63.4. The first-order chi connectivity index (χ1) is 11.3. The first kappa shape index (κ1) is 17.7. The third-order valence-corrected chi connectivity index (χ3v) is 3.11. The Labute approximate surface area is 134 Å². The van der Waals surface area contributed by atoms with E-state index < -0.39 is 30.3 Å². The molecule has 0 saturated carbocycles. The normalized spacial score (nSPS) is 11.2. The Bertz CT molecular complexity index is 731. The van der Waals surface area contributed by atoms with Crippen LogP contribution in [0.1, 0.15) is 11.1 Å². The Morgan fingerprint density at radius 1 is 1.00 bits per heavy atom. The van der Waals surface area contributed by atoms with Crippen LogP contribution in [-0.4, -0.2) is 12.1 Å². The molecule has 0 aliphatic rings. The smallest absolute Gasteiger partial charge is 0.381 e. The van der Waals surface area contributed by atoms with Crippen molar-refractivity contribution in [3.05, 3.63) is 65.2 Å². The molecule has 0 aliphatic heterocycles. The maximum Gasteiger partial charge on any atom is 0.471 e. The van der Waals surface area contributed by atoms with Crippen molar-refractivity contribution < 1.29 is 26.7 Å². The van der Waals surface area contributed by atoms with Crippen LogP contribution < -0.4 is 10.6 Å². The van der Waals surface area contributed by atoms with Gasteiger partial charge in [0.2, 0.25) is 0 Å². The maximum atomic E-state index is 13.5. The molecule has 0 saturated heterocycles. The summed E-state index contributed by atoms with van der Waals surface area (Å²) in [6, 6.07) is 9.50. The van der Waals surface area contributed by atoms with E-state index in [-0.39, 0.29) is 17.8 Å². The molecule has 2 aromatic carbocycles. The monoisotopic (exact) mass is 344 g/mol. The lowest BCUT2D eigenvalue weighted by molar-refractivity contribution is -0.173. The second-order valence-electron chi connectivity index (χ2n) is 4.97. The zero-order chi connectivity index (χ0) is 17.7. The summed E-state index contributed by atoms with van der Waals surface area (Å²) in [6.07, 6.45) is -5.00. The molecule has 0 radical (unpaired) electrons. The third-order valence-electron chi connectivity index (χ3n) is 3.11. The van der Waals surface area contributed by atoms with Crippen molar-refractivity contribution in [1.82, 2.24) is 5.32 Å². The number of carbonyl (C=O) groups is 1. The van der Waals surface area contributed by atoms with Crippen molar-refractivity contribution in [1.29, 1.82) is 0 Å². The lowest BCUT2D eigenvalue weighted by Crippen LogP contribution is -2.36. The van der Waals surface area contributed by atoms with Gasteiger partial charge in [0.15, 0.2) is 0 Å². The van der Waals surface area contributed by atoms with Gasteiger partial charge >= 0.3 is 12.1 Å². The fraction of sp³-hybridized carbons (Fsp3) is 0.188. The molecule has 128 valence electrons. The molecular formula is C16H13F5N2O. The second kappa shape index (κ2) is 7.29. The highest BCUT2D eigenvalue weighted by Crippen LogP contribution is 2.18. The van der Waals surface area contributed by atoms with Crippen LogP contribution in [0.15, 0.2) is 42.5 Å². The first-order valence-electron chi connectivity index (χ1n) is 6.87. The first-order valence-corrected chi connectivity index (χ1v) is 6.87. The largest absolute Gasteiger partial charge is 0.471 e. The van der Waals surface area contributed by atoms with Crippen LogP contribution in [0.3, 0.4) is 0 Å². The minimum Gasteiger partial charge on any atom is -0.381 e. The van der Waals surface area contributed by atoms with Gasteiger partial charge in [-0.05, 0) is 29.8 Å². The summed E-state index contributed by atoms with van der Waals surface area (Å²) in [4.78, 5) is 10.8. The molecule has 0 unspecified atom stereocenters. The highest BCUT2D eigenvalue weighted by molar-refractivity contribution is 5.81. The minimum atomic E-state index is -5.00. The van der Waals surface area contributed by atoms with Gasteiger partial charge in [-0.15, -0.1) is 0 Å². The van der Waals surface area contributed by atoms with Gasteiger partial charge in [0.1, 0.15) is 11.6 Å². The summed E-state index contributed by atoms with van der Waals surface area (Å²) in [5, 5.41) is 4.44. The van der Waals surface area contributed by atoms with E-state index in [1.54, 1.807) is 17.4 Å². The minimum absolute atomic E-state index is 0.0739. The number of hydrogen-bond donors (Lipinski definition) is 2. The number of carbonyl (C=O) groups excluding carboxylic acids is 1. The number of nitrogens with one attached hydrogen (secondary N) is 2. The molecule has 8 heteroatoms. The fourth-order valence-electron chi connectivity index (χ4n) is 1.98. The topological polar surface area (TPSA) is 41.1 Å². The number of anilines is 1. The van der Waals surface area contributed by atoms with E-state index >= 15 is 0 Å². The molecule has 0 aliphatic carbocycles. The molecule has 0 bridgehead atoms. The van der Waals surface area contributed by atoms with Crippen LogP contribution >= 0.6 is 0 Å². The summed E-state index contributed by atoms with van der Waals surface area (Å²) >= 11 is 0. The highest BCUT2D eigenvalue weighted by atomic mass is 19.4. The van der Waals surface area contributed by atoms with Crippen molar-refractivity contribution in [3.63, 3.8) is 0 Å². The number of alkyl halides is 3. The average molecular weight is 344 g/mol. The van der Waals surface area contributed by atoms with Crippen molar-refractivity contribution in [3.8, 4) is 0 Å². The Kier molecular flexibility index (Phi) is 5.38. The van der Waals surface area contributed by atoms with E-state index in [1.807, 2.05) is 0 Å². The van der Waals surface area contributed by atoms with Gasteiger partial charge in [0.05, 0.1) is 0 Å². The maximum absolute atomic E-state index is 13.5. The number of amides is 1. The van der Waals surface area contributed by atoms with Gasteiger partial charge in [0, 0.05) is 24.3 Å². The zero-order valence-corrected chi connectivity index (χ0v) is 12.3. The molecule has 0 fully saturated rings. The molecule has 2 aromatic rings. The van der Waals surface area contributed by atoms with Gasteiger partial charge < -0.3 is 10.6 Å². The van der Waals surface area contributed by atoms with E-state index in [9.17, 15) is 26.7 Å². The summed E-state index contributed by atoms with van der Waals surface area (Å²) in [5.74, 6) is -3.23. The van der Waals surface area contributed by atoms with E-state index in [2.05, 4.69) is 5.32 Å². The molecule has 0 aromatic heterocycles. The van der Waals surface area contributed by atoms with Crippen LogP contribution in [0, 0.1) is 11.6 Å². The molecule has 0 atom stereocenters. The van der Waals surface area contributed by atoms with Crippen molar-refractivity contribution in [2.75, 3.05) is 5.32 Å². The summed E-state index contributed by atoms with van der Waals surface area (Å²) in [7, 11) is 0. The molecule has 0 heterocycles. The quantitative estimate of drug-likeness (QED) is 0.811. The number of rotatable bonds is 5. The fourth-order valence-corrected chi connectivity index (χ4v) is 1.98. The lowest BCUT2D eigenvalue weighted by atomic mass is 10.1. The van der Waals surface area contributed by atoms with Gasteiger partial charge in [-0.1, -0.05) is 18.2 Å². The van der Waals surface area contributed by atoms with Crippen LogP contribution in [0.25, 0.3) is 0 Å². The van der Waals surface area contributed by atoms with Crippen LogP contribution in [-0.2, 0) is 17.9 Å². The number of benzene rings is 2. The Morgan fingerprint density at radius 2 is 1.71 bits per heavy atom. The number of halogens is 5. The van der Waals surface area contributed by atoms with E-state index in [0.29, 0.717) is 5.56 Å². The highest BCUT2D eigenvalue weighted by Gasteiger charge is 2.38.